The van der Waals surface area contributed by atoms with Gasteiger partial charge in [0.15, 0.2) is 0 Å². The molecule has 106 valence electrons. The van der Waals surface area contributed by atoms with Gasteiger partial charge in [0.25, 0.3) is 0 Å². The highest BCUT2D eigenvalue weighted by Gasteiger charge is 2.23. The van der Waals surface area contributed by atoms with E-state index in [2.05, 4.69) is 16.5 Å². The third-order valence-corrected chi connectivity index (χ3v) is 3.89. The van der Waals surface area contributed by atoms with E-state index in [9.17, 15) is 8.42 Å². The van der Waals surface area contributed by atoms with Gasteiger partial charge in [0.1, 0.15) is 0 Å². The lowest BCUT2D eigenvalue weighted by molar-refractivity contribution is 0.0980. The van der Waals surface area contributed by atoms with E-state index in [-0.39, 0.29) is 0 Å². The molecule has 1 aliphatic heterocycles. The van der Waals surface area contributed by atoms with E-state index in [0.29, 0.717) is 18.3 Å². The standard InChI is InChI=1S/C13H20N2O3S/c1-10(9-18-2)15-7-11-4-5-13(6-12(11)8-15)14-19(3,16)17/h4-6,10,14H,7-9H2,1-3H3. The van der Waals surface area contributed by atoms with E-state index in [0.717, 1.165) is 19.3 Å². The normalized spacial score (nSPS) is 17.2. The van der Waals surface area contributed by atoms with Crippen molar-refractivity contribution in [3.63, 3.8) is 0 Å². The van der Waals surface area contributed by atoms with E-state index >= 15 is 0 Å². The molecule has 0 bridgehead atoms. The lowest BCUT2D eigenvalue weighted by atomic mass is 10.1. The van der Waals surface area contributed by atoms with Gasteiger partial charge in [0.05, 0.1) is 12.9 Å². The summed E-state index contributed by atoms with van der Waals surface area (Å²) in [6, 6.07) is 6.06. The van der Waals surface area contributed by atoms with E-state index in [1.165, 1.54) is 11.1 Å². The number of benzene rings is 1. The Morgan fingerprint density at radius 1 is 1.37 bits per heavy atom. The van der Waals surface area contributed by atoms with Crippen molar-refractivity contribution in [3.8, 4) is 0 Å². The Balaban J connectivity index is 2.11. The number of rotatable bonds is 5. The molecular formula is C13H20N2O3S. The molecule has 5 nitrogen and oxygen atoms in total. The SMILES string of the molecule is COCC(C)N1Cc2ccc(NS(C)(=O)=O)cc2C1. The number of sulfonamides is 1. The number of fused-ring (bicyclic) bond motifs is 1. The molecule has 0 radical (unpaired) electrons. The Labute approximate surface area is 114 Å². The predicted octanol–water partition coefficient (Wildman–Crippen LogP) is 1.41. The van der Waals surface area contributed by atoms with Crippen LogP contribution < -0.4 is 4.72 Å². The molecule has 0 spiro atoms. The second kappa shape index (κ2) is 5.48. The van der Waals surface area contributed by atoms with Crippen LogP contribution in [0.4, 0.5) is 5.69 Å². The number of ether oxygens (including phenoxy) is 1. The summed E-state index contributed by atoms with van der Waals surface area (Å²) in [7, 11) is -1.51. The van der Waals surface area contributed by atoms with Crippen LogP contribution in [0.15, 0.2) is 18.2 Å². The Kier molecular flexibility index (Phi) is 4.13. The summed E-state index contributed by atoms with van der Waals surface area (Å²) >= 11 is 0. The van der Waals surface area contributed by atoms with E-state index in [1.807, 2.05) is 18.2 Å². The topological polar surface area (TPSA) is 58.6 Å². The van der Waals surface area contributed by atoms with Crippen molar-refractivity contribution < 1.29 is 13.2 Å². The second-order valence-electron chi connectivity index (χ2n) is 5.07. The molecule has 0 fully saturated rings. The van der Waals surface area contributed by atoms with Gasteiger partial charge >= 0.3 is 0 Å². The molecule has 1 atom stereocenters. The molecule has 2 rings (SSSR count). The van der Waals surface area contributed by atoms with E-state index in [4.69, 9.17) is 4.74 Å². The Morgan fingerprint density at radius 2 is 2.05 bits per heavy atom. The summed E-state index contributed by atoms with van der Waals surface area (Å²) in [5.74, 6) is 0. The first-order valence-corrected chi connectivity index (χ1v) is 8.11. The van der Waals surface area contributed by atoms with E-state index in [1.54, 1.807) is 7.11 Å². The van der Waals surface area contributed by atoms with Crippen molar-refractivity contribution in [1.29, 1.82) is 0 Å². The Morgan fingerprint density at radius 3 is 2.68 bits per heavy atom. The molecule has 1 unspecified atom stereocenters. The first-order valence-electron chi connectivity index (χ1n) is 6.21. The van der Waals surface area contributed by atoms with Crippen LogP contribution in [0.3, 0.4) is 0 Å². The van der Waals surface area contributed by atoms with Gasteiger partial charge in [-0.05, 0) is 30.2 Å². The Bertz CT molecular complexity index is 557. The lowest BCUT2D eigenvalue weighted by Crippen LogP contribution is -2.31. The zero-order valence-electron chi connectivity index (χ0n) is 11.5. The van der Waals surface area contributed by atoms with Gasteiger partial charge in [-0.1, -0.05) is 6.07 Å². The molecular weight excluding hydrogens is 264 g/mol. The molecule has 1 N–H and O–H groups in total. The molecule has 1 aromatic rings. The second-order valence-corrected chi connectivity index (χ2v) is 6.82. The number of anilines is 1. The number of hydrogen-bond donors (Lipinski definition) is 1. The number of nitrogens with zero attached hydrogens (tertiary/aromatic N) is 1. The van der Waals surface area contributed by atoms with Crippen LogP contribution in [0.2, 0.25) is 0 Å². The Hall–Kier alpha value is -1.11. The monoisotopic (exact) mass is 284 g/mol. The summed E-state index contributed by atoms with van der Waals surface area (Å²) in [4.78, 5) is 2.32. The third kappa shape index (κ3) is 3.68. The van der Waals surface area contributed by atoms with Crippen molar-refractivity contribution in [2.75, 3.05) is 24.7 Å². The maximum Gasteiger partial charge on any atom is 0.229 e. The molecule has 0 saturated heterocycles. The molecule has 0 amide bonds. The molecule has 0 aliphatic carbocycles. The van der Waals surface area contributed by atoms with Crippen LogP contribution in [0.25, 0.3) is 0 Å². The molecule has 1 aliphatic rings. The maximum absolute atomic E-state index is 11.2. The predicted molar refractivity (Wildman–Crippen MR) is 75.5 cm³/mol. The minimum atomic E-state index is -3.22. The highest BCUT2D eigenvalue weighted by Crippen LogP contribution is 2.27. The first-order chi connectivity index (χ1) is 8.89. The van der Waals surface area contributed by atoms with Crippen molar-refractivity contribution in [3.05, 3.63) is 29.3 Å². The first kappa shape index (κ1) is 14.3. The third-order valence-electron chi connectivity index (χ3n) is 3.29. The van der Waals surface area contributed by atoms with Crippen molar-refractivity contribution in [2.24, 2.45) is 0 Å². The average molecular weight is 284 g/mol. The minimum Gasteiger partial charge on any atom is -0.383 e. The molecule has 1 heterocycles. The van der Waals surface area contributed by atoms with Gasteiger partial charge in [-0.15, -0.1) is 0 Å². The molecule has 0 aromatic heterocycles. The van der Waals surface area contributed by atoms with Gasteiger partial charge in [-0.3, -0.25) is 9.62 Å². The van der Waals surface area contributed by atoms with Crippen molar-refractivity contribution in [2.45, 2.75) is 26.1 Å². The molecule has 1 aromatic carbocycles. The number of hydrogen-bond acceptors (Lipinski definition) is 4. The smallest absolute Gasteiger partial charge is 0.229 e. The summed E-state index contributed by atoms with van der Waals surface area (Å²) in [6.07, 6.45) is 1.16. The fourth-order valence-corrected chi connectivity index (χ4v) is 2.91. The largest absolute Gasteiger partial charge is 0.383 e. The van der Waals surface area contributed by atoms with Gasteiger partial charge in [0, 0.05) is 31.9 Å². The summed E-state index contributed by atoms with van der Waals surface area (Å²) < 4.78 is 30.1. The van der Waals surface area contributed by atoms with Crippen LogP contribution in [0.1, 0.15) is 18.1 Å². The quantitative estimate of drug-likeness (QED) is 0.888. The van der Waals surface area contributed by atoms with Crippen molar-refractivity contribution in [1.82, 2.24) is 4.90 Å². The van der Waals surface area contributed by atoms with Crippen LogP contribution in [-0.4, -0.2) is 39.3 Å². The minimum absolute atomic E-state index is 0.351. The highest BCUT2D eigenvalue weighted by molar-refractivity contribution is 7.92. The zero-order valence-corrected chi connectivity index (χ0v) is 12.3. The fraction of sp³-hybridized carbons (Fsp3) is 0.538. The van der Waals surface area contributed by atoms with Gasteiger partial charge in [-0.2, -0.15) is 0 Å². The lowest BCUT2D eigenvalue weighted by Gasteiger charge is -2.22. The van der Waals surface area contributed by atoms with Crippen LogP contribution in [-0.2, 0) is 27.8 Å². The van der Waals surface area contributed by atoms with Gasteiger partial charge in [0.2, 0.25) is 10.0 Å². The maximum atomic E-state index is 11.2. The highest BCUT2D eigenvalue weighted by atomic mass is 32.2. The molecule has 6 heteroatoms. The van der Waals surface area contributed by atoms with Crippen molar-refractivity contribution >= 4 is 15.7 Å². The molecule has 0 saturated carbocycles. The van der Waals surface area contributed by atoms with Crippen LogP contribution in [0.5, 0.6) is 0 Å². The summed E-state index contributed by atoms with van der Waals surface area (Å²) in [6.45, 7) is 4.55. The summed E-state index contributed by atoms with van der Waals surface area (Å²) in [5.41, 5.74) is 3.06. The van der Waals surface area contributed by atoms with Crippen LogP contribution in [0, 0.1) is 0 Å². The number of nitrogens with one attached hydrogen (secondary N) is 1. The van der Waals surface area contributed by atoms with E-state index < -0.39 is 10.0 Å². The number of methoxy groups -OCH3 is 1. The fourth-order valence-electron chi connectivity index (χ4n) is 2.36. The van der Waals surface area contributed by atoms with Crippen LogP contribution >= 0.6 is 0 Å². The van der Waals surface area contributed by atoms with Gasteiger partial charge in [-0.25, -0.2) is 8.42 Å². The zero-order chi connectivity index (χ0) is 14.0. The van der Waals surface area contributed by atoms with Gasteiger partial charge < -0.3 is 4.74 Å². The summed E-state index contributed by atoms with van der Waals surface area (Å²) in [5, 5.41) is 0. The molecule has 19 heavy (non-hydrogen) atoms. The average Bonchev–Trinajstić information content (AvgIpc) is 2.70.